The van der Waals surface area contributed by atoms with Crippen LogP contribution in [0.15, 0.2) is 36.5 Å². The first-order valence-corrected chi connectivity index (χ1v) is 8.19. The van der Waals surface area contributed by atoms with E-state index in [0.717, 1.165) is 29.9 Å². The average molecular weight is 308 g/mol. The number of nitrogens with zero attached hydrogens (tertiary/aromatic N) is 3. The van der Waals surface area contributed by atoms with E-state index in [9.17, 15) is 0 Å². The number of nitrogens with one attached hydrogen (secondary N) is 1. The molecule has 2 heterocycles. The fraction of sp³-hybridized carbons (Fsp3) is 0.368. The average Bonchev–Trinajstić information content (AvgIpc) is 2.90. The summed E-state index contributed by atoms with van der Waals surface area (Å²) in [5.41, 5.74) is 5.82. The van der Waals surface area contributed by atoms with Crippen molar-refractivity contribution in [3.63, 3.8) is 0 Å². The molecular formula is C19H24N4. The van der Waals surface area contributed by atoms with Gasteiger partial charge in [0.25, 0.3) is 0 Å². The molecule has 0 aliphatic carbocycles. The maximum Gasteiger partial charge on any atom is 0.0737 e. The number of aryl methyl sites for hydroxylation is 3. The predicted octanol–water partition coefficient (Wildman–Crippen LogP) is 3.69. The van der Waals surface area contributed by atoms with Crippen molar-refractivity contribution in [2.45, 2.75) is 39.8 Å². The smallest absolute Gasteiger partial charge is 0.0737 e. The summed E-state index contributed by atoms with van der Waals surface area (Å²) in [5, 5.41) is 9.18. The molecule has 0 aliphatic rings. The first-order chi connectivity index (χ1) is 11.1. The lowest BCUT2D eigenvalue weighted by Gasteiger charge is -2.13. The van der Waals surface area contributed by atoms with E-state index in [2.05, 4.69) is 67.7 Å². The molecule has 1 aromatic carbocycles. The van der Waals surface area contributed by atoms with Gasteiger partial charge in [0.15, 0.2) is 0 Å². The van der Waals surface area contributed by atoms with Gasteiger partial charge in [-0.05, 0) is 31.9 Å². The number of aromatic nitrogens is 3. The summed E-state index contributed by atoms with van der Waals surface area (Å²) in [4.78, 5) is 4.86. The van der Waals surface area contributed by atoms with Crippen LogP contribution in [0.3, 0.4) is 0 Å². The summed E-state index contributed by atoms with van der Waals surface area (Å²) in [6.45, 7) is 7.15. The van der Waals surface area contributed by atoms with Crippen molar-refractivity contribution in [2.75, 3.05) is 0 Å². The number of hydrogen-bond acceptors (Lipinski definition) is 3. The van der Waals surface area contributed by atoms with Gasteiger partial charge in [-0.1, -0.05) is 31.2 Å². The van der Waals surface area contributed by atoms with Crippen LogP contribution >= 0.6 is 0 Å². The number of pyridine rings is 1. The Kier molecular flexibility index (Phi) is 4.44. The lowest BCUT2D eigenvalue weighted by Crippen LogP contribution is -2.19. The molecule has 0 saturated carbocycles. The van der Waals surface area contributed by atoms with Crippen LogP contribution < -0.4 is 5.32 Å². The zero-order valence-electron chi connectivity index (χ0n) is 14.3. The fourth-order valence-electron chi connectivity index (χ4n) is 3.04. The third kappa shape index (κ3) is 3.27. The van der Waals surface area contributed by atoms with Crippen LogP contribution in [0, 0.1) is 6.92 Å². The number of rotatable bonds is 5. The summed E-state index contributed by atoms with van der Waals surface area (Å²) in [5.74, 6) is 0. The largest absolute Gasteiger partial charge is 0.304 e. The molecule has 4 nitrogen and oxygen atoms in total. The van der Waals surface area contributed by atoms with Gasteiger partial charge in [0.05, 0.1) is 16.9 Å². The van der Waals surface area contributed by atoms with E-state index in [1.165, 1.54) is 16.5 Å². The van der Waals surface area contributed by atoms with Crippen molar-refractivity contribution < 1.29 is 0 Å². The van der Waals surface area contributed by atoms with Gasteiger partial charge < -0.3 is 5.32 Å². The van der Waals surface area contributed by atoms with Gasteiger partial charge in [-0.15, -0.1) is 0 Å². The predicted molar refractivity (Wildman–Crippen MR) is 94.3 cm³/mol. The van der Waals surface area contributed by atoms with Crippen molar-refractivity contribution in [1.29, 1.82) is 0 Å². The third-order valence-electron chi connectivity index (χ3n) is 4.35. The van der Waals surface area contributed by atoms with Crippen LogP contribution in [0.25, 0.3) is 10.9 Å². The second-order valence-electron chi connectivity index (χ2n) is 6.09. The molecule has 1 N–H and O–H groups in total. The second kappa shape index (κ2) is 6.50. The van der Waals surface area contributed by atoms with Gasteiger partial charge in [0, 0.05) is 36.8 Å². The first-order valence-electron chi connectivity index (χ1n) is 8.19. The summed E-state index contributed by atoms with van der Waals surface area (Å²) in [6.07, 6.45) is 3.09. The van der Waals surface area contributed by atoms with Crippen molar-refractivity contribution in [3.8, 4) is 0 Å². The molecule has 3 aromatic rings. The summed E-state index contributed by atoms with van der Waals surface area (Å²) in [7, 11) is 1.96. The Morgan fingerprint density at radius 2 is 2.04 bits per heavy atom. The highest BCUT2D eigenvalue weighted by molar-refractivity contribution is 5.81. The van der Waals surface area contributed by atoms with Gasteiger partial charge >= 0.3 is 0 Å². The number of hydrogen-bond donors (Lipinski definition) is 1. The molecule has 0 fully saturated rings. The number of benzene rings is 1. The molecule has 4 heteroatoms. The minimum absolute atomic E-state index is 0.252. The molecule has 1 atom stereocenters. The Hall–Kier alpha value is -2.20. The van der Waals surface area contributed by atoms with E-state index in [4.69, 9.17) is 4.98 Å². The van der Waals surface area contributed by atoms with Gasteiger partial charge in [-0.2, -0.15) is 5.10 Å². The van der Waals surface area contributed by atoms with Gasteiger partial charge in [0.1, 0.15) is 0 Å². The van der Waals surface area contributed by atoms with Crippen LogP contribution in [-0.4, -0.2) is 14.8 Å². The molecule has 23 heavy (non-hydrogen) atoms. The standard InChI is InChI=1S/C19H24N4/c1-5-15-7-6-8-16-9-10-17(21-19(15)16)11-20-13(2)18-12-23(4)22-14(18)3/h6-10,12-13,20H,5,11H2,1-4H3. The minimum Gasteiger partial charge on any atom is -0.304 e. The van der Waals surface area contributed by atoms with Crippen LogP contribution in [-0.2, 0) is 20.0 Å². The van der Waals surface area contributed by atoms with Gasteiger partial charge in [0.2, 0.25) is 0 Å². The van der Waals surface area contributed by atoms with Crippen LogP contribution in [0.1, 0.15) is 42.4 Å². The molecule has 0 aliphatic heterocycles. The number of para-hydroxylation sites is 1. The normalized spacial score (nSPS) is 12.7. The van der Waals surface area contributed by atoms with E-state index in [1.807, 2.05) is 11.7 Å². The maximum atomic E-state index is 4.86. The summed E-state index contributed by atoms with van der Waals surface area (Å²) < 4.78 is 1.87. The molecule has 1 unspecified atom stereocenters. The van der Waals surface area contributed by atoms with Crippen molar-refractivity contribution >= 4 is 10.9 Å². The van der Waals surface area contributed by atoms with Crippen molar-refractivity contribution in [2.24, 2.45) is 7.05 Å². The van der Waals surface area contributed by atoms with Gasteiger partial charge in [-0.25, -0.2) is 0 Å². The molecule has 3 rings (SSSR count). The molecule has 120 valence electrons. The van der Waals surface area contributed by atoms with Crippen LogP contribution in [0.5, 0.6) is 0 Å². The SMILES string of the molecule is CCc1cccc2ccc(CNC(C)c3cn(C)nc3C)nc12. The Balaban J connectivity index is 1.78. The first kappa shape index (κ1) is 15.7. The lowest BCUT2D eigenvalue weighted by atomic mass is 10.1. The molecule has 0 bridgehead atoms. The highest BCUT2D eigenvalue weighted by Gasteiger charge is 2.11. The summed E-state index contributed by atoms with van der Waals surface area (Å²) in [6, 6.07) is 10.9. The Morgan fingerprint density at radius 3 is 2.74 bits per heavy atom. The molecule has 2 aromatic heterocycles. The van der Waals surface area contributed by atoms with Gasteiger partial charge in [-0.3, -0.25) is 9.67 Å². The second-order valence-corrected chi connectivity index (χ2v) is 6.09. The molecule has 0 amide bonds. The molecule has 0 saturated heterocycles. The van der Waals surface area contributed by atoms with Crippen molar-refractivity contribution in [3.05, 3.63) is 59.0 Å². The van der Waals surface area contributed by atoms with E-state index in [-0.39, 0.29) is 6.04 Å². The minimum atomic E-state index is 0.252. The fourth-order valence-corrected chi connectivity index (χ4v) is 3.04. The van der Waals surface area contributed by atoms with Crippen LogP contribution in [0.2, 0.25) is 0 Å². The zero-order chi connectivity index (χ0) is 16.4. The Labute approximate surface area is 137 Å². The van der Waals surface area contributed by atoms with Crippen LogP contribution in [0.4, 0.5) is 0 Å². The quantitative estimate of drug-likeness (QED) is 0.781. The topological polar surface area (TPSA) is 42.7 Å². The Bertz CT molecular complexity index is 819. The monoisotopic (exact) mass is 308 g/mol. The molecule has 0 radical (unpaired) electrons. The third-order valence-corrected chi connectivity index (χ3v) is 4.35. The highest BCUT2D eigenvalue weighted by Crippen LogP contribution is 2.19. The van der Waals surface area contributed by atoms with E-state index in [0.29, 0.717) is 0 Å². The maximum absolute atomic E-state index is 4.86. The van der Waals surface area contributed by atoms with E-state index < -0.39 is 0 Å². The van der Waals surface area contributed by atoms with Crippen molar-refractivity contribution in [1.82, 2.24) is 20.1 Å². The van der Waals surface area contributed by atoms with E-state index >= 15 is 0 Å². The van der Waals surface area contributed by atoms with E-state index in [1.54, 1.807) is 0 Å². The number of fused-ring (bicyclic) bond motifs is 1. The molecular weight excluding hydrogens is 284 g/mol. The molecule has 0 spiro atoms. The summed E-state index contributed by atoms with van der Waals surface area (Å²) >= 11 is 0. The highest BCUT2D eigenvalue weighted by atomic mass is 15.3. The zero-order valence-corrected chi connectivity index (χ0v) is 14.3. The lowest BCUT2D eigenvalue weighted by molar-refractivity contribution is 0.566. The Morgan fingerprint density at radius 1 is 1.22 bits per heavy atom.